The van der Waals surface area contributed by atoms with Crippen molar-refractivity contribution in [2.75, 3.05) is 0 Å². The molecule has 0 spiro atoms. The van der Waals surface area contributed by atoms with E-state index in [-0.39, 0.29) is 0 Å². The summed E-state index contributed by atoms with van der Waals surface area (Å²) in [5.41, 5.74) is 6.93. The standard InChI is InChI=1S/C11H16N2.C7H11N/c1-8(2)11(5)12-13-9(3)6-7-10(13)4;1-6-4-5-7(2)8(6)3/h6-7H,1H2,2-5H3;4-5H,1-3H3/b12-11+;. The second-order valence-corrected chi connectivity index (χ2v) is 5.57. The summed E-state index contributed by atoms with van der Waals surface area (Å²) in [6, 6.07) is 8.36. The van der Waals surface area contributed by atoms with Gasteiger partial charge in [-0.25, -0.2) is 4.68 Å². The van der Waals surface area contributed by atoms with E-state index in [1.165, 1.54) is 11.4 Å². The molecule has 3 heteroatoms. The van der Waals surface area contributed by atoms with Crippen molar-refractivity contribution in [3.8, 4) is 0 Å². The van der Waals surface area contributed by atoms with E-state index in [9.17, 15) is 0 Å². The number of hydrogen-bond donors (Lipinski definition) is 0. The van der Waals surface area contributed by atoms with Gasteiger partial charge in [0.25, 0.3) is 0 Å². The van der Waals surface area contributed by atoms with E-state index in [1.807, 2.05) is 32.4 Å². The highest BCUT2D eigenvalue weighted by Crippen LogP contribution is 2.07. The number of hydrogen-bond acceptors (Lipinski definition) is 1. The molecule has 0 unspecified atom stereocenters. The summed E-state index contributed by atoms with van der Waals surface area (Å²) < 4.78 is 4.10. The third-order valence-corrected chi connectivity index (χ3v) is 3.73. The summed E-state index contributed by atoms with van der Waals surface area (Å²) in [5, 5.41) is 4.45. The lowest BCUT2D eigenvalue weighted by atomic mass is 10.2. The lowest BCUT2D eigenvalue weighted by Gasteiger charge is -2.04. The minimum Gasteiger partial charge on any atom is -0.352 e. The highest BCUT2D eigenvalue weighted by Gasteiger charge is 1.99. The third-order valence-electron chi connectivity index (χ3n) is 3.73. The first-order valence-electron chi connectivity index (χ1n) is 7.19. The summed E-state index contributed by atoms with van der Waals surface area (Å²) in [6.07, 6.45) is 0. The molecule has 0 saturated carbocycles. The van der Waals surface area contributed by atoms with Gasteiger partial charge in [-0.3, -0.25) is 0 Å². The Labute approximate surface area is 128 Å². The Kier molecular flexibility index (Phi) is 5.77. The molecule has 21 heavy (non-hydrogen) atoms. The fourth-order valence-corrected chi connectivity index (χ4v) is 1.80. The molecular weight excluding hydrogens is 258 g/mol. The van der Waals surface area contributed by atoms with Crippen molar-refractivity contribution in [2.24, 2.45) is 12.1 Å². The van der Waals surface area contributed by atoms with Crippen molar-refractivity contribution in [2.45, 2.75) is 41.5 Å². The van der Waals surface area contributed by atoms with E-state index < -0.39 is 0 Å². The van der Waals surface area contributed by atoms with Crippen LogP contribution in [0.25, 0.3) is 0 Å². The number of aryl methyl sites for hydroxylation is 4. The largest absolute Gasteiger partial charge is 0.352 e. The van der Waals surface area contributed by atoms with Crippen LogP contribution in [0.2, 0.25) is 0 Å². The van der Waals surface area contributed by atoms with Gasteiger partial charge in [-0.2, -0.15) is 5.10 Å². The molecule has 0 aliphatic carbocycles. The van der Waals surface area contributed by atoms with Gasteiger partial charge in [-0.05, 0) is 71.4 Å². The highest BCUT2D eigenvalue weighted by molar-refractivity contribution is 5.96. The second-order valence-electron chi connectivity index (χ2n) is 5.57. The van der Waals surface area contributed by atoms with Crippen molar-refractivity contribution in [1.82, 2.24) is 9.24 Å². The molecule has 0 radical (unpaired) electrons. The molecule has 0 N–H and O–H groups in total. The average Bonchev–Trinajstić information content (AvgIpc) is 2.89. The zero-order valence-corrected chi connectivity index (χ0v) is 14.4. The normalized spacial score (nSPS) is 11.1. The molecule has 0 amide bonds. The maximum Gasteiger partial charge on any atom is 0.0605 e. The Morgan fingerprint density at radius 1 is 0.857 bits per heavy atom. The second kappa shape index (κ2) is 7.11. The van der Waals surface area contributed by atoms with Crippen molar-refractivity contribution in [3.63, 3.8) is 0 Å². The fraction of sp³-hybridized carbons (Fsp3) is 0.389. The van der Waals surface area contributed by atoms with Crippen molar-refractivity contribution in [1.29, 1.82) is 0 Å². The van der Waals surface area contributed by atoms with Gasteiger partial charge in [0.05, 0.1) is 5.71 Å². The molecule has 0 saturated heterocycles. The zero-order valence-electron chi connectivity index (χ0n) is 14.4. The van der Waals surface area contributed by atoms with Gasteiger partial charge in [-0.15, -0.1) is 0 Å². The first-order chi connectivity index (χ1) is 9.73. The molecule has 3 nitrogen and oxygen atoms in total. The van der Waals surface area contributed by atoms with E-state index in [1.54, 1.807) is 0 Å². The van der Waals surface area contributed by atoms with Crippen LogP contribution in [0.4, 0.5) is 0 Å². The van der Waals surface area contributed by atoms with Crippen LogP contribution >= 0.6 is 0 Å². The maximum absolute atomic E-state index is 4.45. The van der Waals surface area contributed by atoms with Crippen molar-refractivity contribution >= 4 is 5.71 Å². The number of rotatable bonds is 2. The lowest BCUT2D eigenvalue weighted by Crippen LogP contribution is -2.00. The Balaban J connectivity index is 0.000000235. The van der Waals surface area contributed by atoms with Gasteiger partial charge < -0.3 is 4.57 Å². The number of nitrogens with zero attached hydrogens (tertiary/aromatic N) is 3. The Morgan fingerprint density at radius 2 is 1.24 bits per heavy atom. The maximum atomic E-state index is 4.45. The van der Waals surface area contributed by atoms with Gasteiger partial charge in [0.2, 0.25) is 0 Å². The van der Waals surface area contributed by atoms with Gasteiger partial charge in [0.15, 0.2) is 0 Å². The molecular formula is C18H27N3. The van der Waals surface area contributed by atoms with Crippen LogP contribution in [-0.4, -0.2) is 15.0 Å². The summed E-state index contributed by atoms with van der Waals surface area (Å²) in [4.78, 5) is 0. The fourth-order valence-electron chi connectivity index (χ4n) is 1.80. The van der Waals surface area contributed by atoms with E-state index in [4.69, 9.17) is 0 Å². The molecule has 0 fully saturated rings. The van der Waals surface area contributed by atoms with E-state index in [2.05, 4.69) is 61.4 Å². The van der Waals surface area contributed by atoms with Crippen LogP contribution in [0.15, 0.2) is 41.5 Å². The highest BCUT2D eigenvalue weighted by atomic mass is 15.4. The minimum atomic E-state index is 0.974. The van der Waals surface area contributed by atoms with E-state index in [0.29, 0.717) is 0 Å². The molecule has 2 rings (SSSR count). The van der Waals surface area contributed by atoms with Gasteiger partial charge >= 0.3 is 0 Å². The van der Waals surface area contributed by atoms with Crippen LogP contribution in [0, 0.1) is 27.7 Å². The van der Waals surface area contributed by atoms with Crippen LogP contribution < -0.4 is 0 Å². The summed E-state index contributed by atoms with van der Waals surface area (Å²) in [5.74, 6) is 0. The number of aromatic nitrogens is 2. The number of allylic oxidation sites excluding steroid dienone is 1. The topological polar surface area (TPSA) is 22.2 Å². The first kappa shape index (κ1) is 17.0. The Bertz CT molecular complexity index is 615. The molecule has 2 heterocycles. The van der Waals surface area contributed by atoms with Crippen molar-refractivity contribution in [3.05, 3.63) is 59.2 Å². The molecule has 0 aromatic carbocycles. The molecule has 0 aliphatic heterocycles. The lowest BCUT2D eigenvalue weighted by molar-refractivity contribution is 0.812. The quantitative estimate of drug-likeness (QED) is 0.722. The molecule has 0 bridgehead atoms. The minimum absolute atomic E-state index is 0.974. The SMILES string of the molecule is C=C(C)/C(C)=N/n1c(C)ccc1C.Cc1ccc(C)n1C. The van der Waals surface area contributed by atoms with Crippen molar-refractivity contribution < 1.29 is 0 Å². The van der Waals surface area contributed by atoms with Crippen LogP contribution in [0.3, 0.4) is 0 Å². The Hall–Kier alpha value is -2.03. The van der Waals surface area contributed by atoms with Gasteiger partial charge in [-0.1, -0.05) is 6.58 Å². The summed E-state index contributed by atoms with van der Waals surface area (Å²) in [7, 11) is 2.07. The summed E-state index contributed by atoms with van der Waals surface area (Å²) >= 11 is 0. The molecule has 2 aromatic rings. The van der Waals surface area contributed by atoms with Crippen LogP contribution in [-0.2, 0) is 7.05 Å². The van der Waals surface area contributed by atoms with Gasteiger partial charge in [0, 0.05) is 29.8 Å². The van der Waals surface area contributed by atoms with Crippen LogP contribution in [0.1, 0.15) is 36.6 Å². The smallest absolute Gasteiger partial charge is 0.0605 e. The van der Waals surface area contributed by atoms with Gasteiger partial charge in [0.1, 0.15) is 0 Å². The predicted octanol–water partition coefficient (Wildman–Crippen LogP) is 4.55. The Morgan fingerprint density at radius 3 is 1.52 bits per heavy atom. The molecule has 114 valence electrons. The average molecular weight is 285 g/mol. The van der Waals surface area contributed by atoms with E-state index in [0.717, 1.165) is 22.7 Å². The monoisotopic (exact) mass is 285 g/mol. The van der Waals surface area contributed by atoms with E-state index >= 15 is 0 Å². The molecule has 0 aliphatic rings. The predicted molar refractivity (Wildman–Crippen MR) is 92.1 cm³/mol. The molecule has 0 atom stereocenters. The zero-order chi connectivity index (χ0) is 16.2. The summed E-state index contributed by atoms with van der Waals surface area (Å²) in [6.45, 7) is 16.1. The molecule has 2 aromatic heterocycles. The first-order valence-corrected chi connectivity index (χ1v) is 7.19. The third kappa shape index (κ3) is 4.48. The van der Waals surface area contributed by atoms with Crippen LogP contribution in [0.5, 0.6) is 0 Å².